The summed E-state index contributed by atoms with van der Waals surface area (Å²) in [4.78, 5) is 11.1. The maximum atomic E-state index is 11.1. The largest absolute Gasteiger partial charge is 0.497 e. The second-order valence-corrected chi connectivity index (χ2v) is 4.94. The van der Waals surface area contributed by atoms with Crippen molar-refractivity contribution in [1.82, 2.24) is 0 Å². The van der Waals surface area contributed by atoms with E-state index in [9.17, 15) is 4.79 Å². The Balaban J connectivity index is 2.19. The predicted molar refractivity (Wildman–Crippen MR) is 84.4 cm³/mol. The van der Waals surface area contributed by atoms with Gasteiger partial charge in [-0.1, -0.05) is 30.3 Å². The molecule has 0 aliphatic rings. The molecule has 21 heavy (non-hydrogen) atoms. The molecule has 0 saturated carbocycles. The maximum Gasteiger partial charge on any atom is 0.221 e. The van der Waals surface area contributed by atoms with Gasteiger partial charge in [-0.05, 0) is 36.2 Å². The van der Waals surface area contributed by atoms with Crippen LogP contribution in [0, 0.1) is 0 Å². The number of hydrogen-bond donors (Lipinski definition) is 2. The van der Waals surface area contributed by atoms with Crippen molar-refractivity contribution in [3.63, 3.8) is 0 Å². The third-order valence-corrected chi connectivity index (χ3v) is 3.35. The fourth-order valence-electron chi connectivity index (χ4n) is 2.23. The molecular formula is C17H20N2O2. The van der Waals surface area contributed by atoms with Gasteiger partial charge in [0.15, 0.2) is 0 Å². The zero-order chi connectivity index (χ0) is 15.2. The number of carbonyl (C=O) groups excluding carboxylic acids is 1. The number of rotatable bonds is 6. The number of benzene rings is 2. The van der Waals surface area contributed by atoms with Crippen molar-refractivity contribution >= 4 is 11.6 Å². The molecule has 1 unspecified atom stereocenters. The predicted octanol–water partition coefficient (Wildman–Crippen LogP) is 2.90. The van der Waals surface area contributed by atoms with E-state index in [4.69, 9.17) is 10.5 Å². The van der Waals surface area contributed by atoms with Gasteiger partial charge in [0.2, 0.25) is 5.91 Å². The van der Waals surface area contributed by atoms with E-state index in [1.54, 1.807) is 7.11 Å². The van der Waals surface area contributed by atoms with Gasteiger partial charge in [-0.3, -0.25) is 4.79 Å². The molecule has 1 atom stereocenters. The molecule has 2 rings (SSSR count). The van der Waals surface area contributed by atoms with Gasteiger partial charge in [-0.15, -0.1) is 0 Å². The Morgan fingerprint density at radius 3 is 2.71 bits per heavy atom. The van der Waals surface area contributed by atoms with Crippen molar-refractivity contribution in [3.05, 3.63) is 59.7 Å². The molecule has 1 amide bonds. The number of carbonyl (C=O) groups is 1. The molecule has 0 saturated heterocycles. The normalized spacial score (nSPS) is 11.7. The van der Waals surface area contributed by atoms with E-state index in [1.807, 2.05) is 48.5 Å². The Morgan fingerprint density at radius 2 is 2.00 bits per heavy atom. The third kappa shape index (κ3) is 3.99. The van der Waals surface area contributed by atoms with Crippen molar-refractivity contribution in [1.29, 1.82) is 0 Å². The van der Waals surface area contributed by atoms with E-state index < -0.39 is 0 Å². The van der Waals surface area contributed by atoms with Crippen LogP contribution in [0.3, 0.4) is 0 Å². The minimum atomic E-state index is -0.335. The summed E-state index contributed by atoms with van der Waals surface area (Å²) in [5, 5.41) is 3.42. The van der Waals surface area contributed by atoms with Crippen LogP contribution in [0.15, 0.2) is 48.5 Å². The number of nitrogens with one attached hydrogen (secondary N) is 1. The average Bonchev–Trinajstić information content (AvgIpc) is 2.48. The van der Waals surface area contributed by atoms with Gasteiger partial charge in [0.25, 0.3) is 0 Å². The third-order valence-electron chi connectivity index (χ3n) is 3.35. The van der Waals surface area contributed by atoms with Crippen molar-refractivity contribution in [2.75, 3.05) is 12.4 Å². The lowest BCUT2D eigenvalue weighted by Crippen LogP contribution is -2.16. The monoisotopic (exact) mass is 284 g/mol. The van der Waals surface area contributed by atoms with Crippen molar-refractivity contribution in [2.45, 2.75) is 19.4 Å². The Hall–Kier alpha value is -2.49. The molecule has 0 fully saturated rings. The lowest BCUT2D eigenvalue weighted by atomic mass is 10.1. The molecule has 0 aromatic heterocycles. The molecule has 0 spiro atoms. The molecule has 110 valence electrons. The number of methoxy groups -OCH3 is 1. The summed E-state index contributed by atoms with van der Waals surface area (Å²) in [5.41, 5.74) is 8.23. The average molecular weight is 284 g/mol. The summed E-state index contributed by atoms with van der Waals surface area (Å²) in [5.74, 6) is 0.491. The lowest BCUT2D eigenvalue weighted by Gasteiger charge is -2.18. The van der Waals surface area contributed by atoms with E-state index in [1.165, 1.54) is 0 Å². The van der Waals surface area contributed by atoms with E-state index in [-0.39, 0.29) is 18.4 Å². The summed E-state index contributed by atoms with van der Waals surface area (Å²) < 4.78 is 5.24. The smallest absolute Gasteiger partial charge is 0.221 e. The standard InChI is InChI=1S/C17H20N2O2/c1-12(13-7-5-8-15(10-13)21-2)19-16-9-4-3-6-14(16)11-17(18)20/h3-10,12,19H,11H2,1-2H3,(H2,18,20). The van der Waals surface area contributed by atoms with Crippen LogP contribution in [0.2, 0.25) is 0 Å². The molecule has 0 aliphatic heterocycles. The van der Waals surface area contributed by atoms with Gasteiger partial charge in [-0.25, -0.2) is 0 Å². The highest BCUT2D eigenvalue weighted by molar-refractivity contribution is 5.78. The quantitative estimate of drug-likeness (QED) is 0.857. The van der Waals surface area contributed by atoms with Crippen LogP contribution in [-0.4, -0.2) is 13.0 Å². The first-order valence-corrected chi connectivity index (χ1v) is 6.87. The number of primary amides is 1. The van der Waals surface area contributed by atoms with Gasteiger partial charge in [-0.2, -0.15) is 0 Å². The Bertz CT molecular complexity index is 626. The molecule has 0 bridgehead atoms. The van der Waals surface area contributed by atoms with Crippen molar-refractivity contribution in [3.8, 4) is 5.75 Å². The molecule has 2 aromatic carbocycles. The topological polar surface area (TPSA) is 64.3 Å². The molecule has 4 heteroatoms. The van der Waals surface area contributed by atoms with Crippen LogP contribution in [0.5, 0.6) is 5.75 Å². The maximum absolute atomic E-state index is 11.1. The molecule has 4 nitrogen and oxygen atoms in total. The summed E-state index contributed by atoms with van der Waals surface area (Å²) in [6, 6.07) is 15.7. The number of amides is 1. The van der Waals surface area contributed by atoms with Crippen molar-refractivity contribution in [2.24, 2.45) is 5.73 Å². The molecule has 0 heterocycles. The second kappa shape index (κ2) is 6.79. The number of para-hydroxylation sites is 1. The first kappa shape index (κ1) is 14.9. The van der Waals surface area contributed by atoms with E-state index in [0.717, 1.165) is 22.6 Å². The Kier molecular flexibility index (Phi) is 4.82. The van der Waals surface area contributed by atoms with Crippen LogP contribution in [0.4, 0.5) is 5.69 Å². The highest BCUT2D eigenvalue weighted by atomic mass is 16.5. The van der Waals surface area contributed by atoms with E-state index >= 15 is 0 Å². The van der Waals surface area contributed by atoms with Gasteiger partial charge in [0.1, 0.15) is 5.75 Å². The second-order valence-electron chi connectivity index (χ2n) is 4.94. The summed E-state index contributed by atoms with van der Waals surface area (Å²) >= 11 is 0. The summed E-state index contributed by atoms with van der Waals surface area (Å²) in [7, 11) is 1.65. The highest BCUT2D eigenvalue weighted by Gasteiger charge is 2.10. The van der Waals surface area contributed by atoms with Crippen LogP contribution in [0.1, 0.15) is 24.1 Å². The molecular weight excluding hydrogens is 264 g/mol. The molecule has 0 aliphatic carbocycles. The van der Waals surface area contributed by atoms with Gasteiger partial charge < -0.3 is 15.8 Å². The van der Waals surface area contributed by atoms with Gasteiger partial charge in [0, 0.05) is 11.7 Å². The highest BCUT2D eigenvalue weighted by Crippen LogP contribution is 2.25. The van der Waals surface area contributed by atoms with E-state index in [2.05, 4.69) is 12.2 Å². The lowest BCUT2D eigenvalue weighted by molar-refractivity contribution is -0.117. The summed E-state index contributed by atoms with van der Waals surface area (Å²) in [6.07, 6.45) is 0.230. The fraction of sp³-hybridized carbons (Fsp3) is 0.235. The Morgan fingerprint density at radius 1 is 1.24 bits per heavy atom. The zero-order valence-corrected chi connectivity index (χ0v) is 12.3. The summed E-state index contributed by atoms with van der Waals surface area (Å²) in [6.45, 7) is 2.07. The minimum Gasteiger partial charge on any atom is -0.497 e. The van der Waals surface area contributed by atoms with Crippen LogP contribution in [-0.2, 0) is 11.2 Å². The Labute approximate surface area is 124 Å². The van der Waals surface area contributed by atoms with Gasteiger partial charge >= 0.3 is 0 Å². The molecule has 2 aromatic rings. The molecule has 3 N–H and O–H groups in total. The van der Waals surface area contributed by atoms with Gasteiger partial charge in [0.05, 0.1) is 13.5 Å². The van der Waals surface area contributed by atoms with Crippen molar-refractivity contribution < 1.29 is 9.53 Å². The minimum absolute atomic E-state index is 0.0918. The first-order chi connectivity index (χ1) is 10.1. The van der Waals surface area contributed by atoms with Crippen LogP contribution < -0.4 is 15.8 Å². The van der Waals surface area contributed by atoms with E-state index in [0.29, 0.717) is 0 Å². The van der Waals surface area contributed by atoms with Crippen LogP contribution in [0.25, 0.3) is 0 Å². The van der Waals surface area contributed by atoms with Crippen LogP contribution >= 0.6 is 0 Å². The first-order valence-electron chi connectivity index (χ1n) is 6.87. The fourth-order valence-corrected chi connectivity index (χ4v) is 2.23. The number of hydrogen-bond acceptors (Lipinski definition) is 3. The zero-order valence-electron chi connectivity index (χ0n) is 12.3. The SMILES string of the molecule is COc1cccc(C(C)Nc2ccccc2CC(N)=O)c1. The number of ether oxygens (including phenoxy) is 1. The number of anilines is 1. The number of nitrogens with two attached hydrogens (primary N) is 1. The molecule has 0 radical (unpaired) electrons.